The average molecular weight is 188 g/mol. The Balaban J connectivity index is 0.000000310. The molecule has 0 amide bonds. The minimum atomic E-state index is -0.833. The minimum Gasteiger partial charge on any atom is -0.481 e. The van der Waals surface area contributed by atoms with Gasteiger partial charge < -0.3 is 10.0 Å². The van der Waals surface area contributed by atoms with E-state index in [0.29, 0.717) is 0 Å². The quantitative estimate of drug-likeness (QED) is 0.691. The van der Waals surface area contributed by atoms with Gasteiger partial charge in [0.2, 0.25) is 0 Å². The zero-order valence-electron chi connectivity index (χ0n) is 8.23. The highest BCUT2D eigenvalue weighted by Gasteiger charge is 2.06. The van der Waals surface area contributed by atoms with E-state index >= 15 is 0 Å². The zero-order chi connectivity index (χ0) is 10.3. The van der Waals surface area contributed by atoms with E-state index in [1.54, 1.807) is 5.06 Å². The predicted octanol–water partition coefficient (Wildman–Crippen LogP) is 0.705. The molecule has 0 unspecified atom stereocenters. The number of carboxylic acids is 1. The second-order valence-corrected chi connectivity index (χ2v) is 2.55. The van der Waals surface area contributed by atoms with E-state index in [9.17, 15) is 0 Å². The number of aliphatic carboxylic acids is 1. The van der Waals surface area contributed by atoms with Gasteiger partial charge >= 0.3 is 0 Å². The van der Waals surface area contributed by atoms with Crippen molar-refractivity contribution in [3.05, 3.63) is 12.4 Å². The van der Waals surface area contributed by atoms with E-state index in [4.69, 9.17) is 14.7 Å². The van der Waals surface area contributed by atoms with Gasteiger partial charge in [-0.25, -0.2) is 5.06 Å². The fraction of sp³-hybridized carbons (Fsp3) is 0.625. The number of hydroxylamine groups is 2. The number of hydrogen-bond acceptors (Lipinski definition) is 4. The molecule has 0 bridgehead atoms. The molecule has 1 N–H and O–H groups in total. The Kier molecular flexibility index (Phi) is 5.71. The lowest BCUT2D eigenvalue weighted by atomic mass is 10.9. The molecule has 0 atom stereocenters. The van der Waals surface area contributed by atoms with Crippen LogP contribution in [0.3, 0.4) is 0 Å². The number of hydrogen-bond donors (Lipinski definition) is 1. The summed E-state index contributed by atoms with van der Waals surface area (Å²) in [5.41, 5.74) is 0. The number of carbonyl (C=O) groups is 1. The van der Waals surface area contributed by atoms with Gasteiger partial charge in [-0.15, -0.1) is 0 Å². The number of rotatable bonds is 2. The maximum Gasteiger partial charge on any atom is 0.300 e. The summed E-state index contributed by atoms with van der Waals surface area (Å²) in [6.07, 6.45) is 3.90. The van der Waals surface area contributed by atoms with Gasteiger partial charge in [0.25, 0.3) is 5.97 Å². The van der Waals surface area contributed by atoms with E-state index in [1.807, 2.05) is 26.4 Å². The van der Waals surface area contributed by atoms with E-state index in [2.05, 4.69) is 4.90 Å². The predicted molar refractivity (Wildman–Crippen MR) is 48.5 cm³/mol. The Morgan fingerprint density at radius 1 is 1.62 bits per heavy atom. The van der Waals surface area contributed by atoms with Gasteiger partial charge in [-0.2, -0.15) is 0 Å². The van der Waals surface area contributed by atoms with Crippen molar-refractivity contribution < 1.29 is 14.7 Å². The van der Waals surface area contributed by atoms with Crippen molar-refractivity contribution in [3.63, 3.8) is 0 Å². The van der Waals surface area contributed by atoms with Crippen LogP contribution in [0.5, 0.6) is 0 Å². The summed E-state index contributed by atoms with van der Waals surface area (Å²) in [6.45, 7) is 4.64. The van der Waals surface area contributed by atoms with Gasteiger partial charge in [0.1, 0.15) is 6.67 Å². The minimum absolute atomic E-state index is 0.734. The third-order valence-corrected chi connectivity index (χ3v) is 1.14. The van der Waals surface area contributed by atoms with Crippen LogP contribution in [0.25, 0.3) is 0 Å². The molecule has 0 spiro atoms. The molecule has 1 aliphatic rings. The van der Waals surface area contributed by atoms with Crippen LogP contribution >= 0.6 is 0 Å². The molecule has 1 heterocycles. The molecule has 0 saturated carbocycles. The fourth-order valence-corrected chi connectivity index (χ4v) is 0.752. The van der Waals surface area contributed by atoms with Crippen molar-refractivity contribution in [3.8, 4) is 0 Å². The van der Waals surface area contributed by atoms with E-state index in [-0.39, 0.29) is 0 Å². The molecule has 0 saturated heterocycles. The smallest absolute Gasteiger partial charge is 0.300 e. The van der Waals surface area contributed by atoms with Gasteiger partial charge in [-0.1, -0.05) is 0 Å². The summed E-state index contributed by atoms with van der Waals surface area (Å²) in [6, 6.07) is 0. The summed E-state index contributed by atoms with van der Waals surface area (Å²) in [7, 11) is 2.01. The molecule has 5 nitrogen and oxygen atoms in total. The lowest BCUT2D eigenvalue weighted by Gasteiger charge is -2.15. The zero-order valence-corrected chi connectivity index (χ0v) is 8.23. The van der Waals surface area contributed by atoms with Gasteiger partial charge in [0.05, 0.1) is 6.61 Å². The van der Waals surface area contributed by atoms with Crippen LogP contribution in [0.1, 0.15) is 13.8 Å². The lowest BCUT2D eigenvalue weighted by Crippen LogP contribution is -2.22. The molecule has 5 heteroatoms. The largest absolute Gasteiger partial charge is 0.481 e. The van der Waals surface area contributed by atoms with E-state index < -0.39 is 5.97 Å². The molecule has 0 radical (unpaired) electrons. The van der Waals surface area contributed by atoms with Crippen LogP contribution in [-0.4, -0.2) is 41.4 Å². The first kappa shape index (κ1) is 11.8. The van der Waals surface area contributed by atoms with Crippen LogP contribution in [-0.2, 0) is 9.63 Å². The lowest BCUT2D eigenvalue weighted by molar-refractivity contribution is -0.134. The monoisotopic (exact) mass is 188 g/mol. The van der Waals surface area contributed by atoms with Crippen molar-refractivity contribution >= 4 is 5.97 Å². The van der Waals surface area contributed by atoms with Gasteiger partial charge in [-0.05, 0) is 6.92 Å². The first-order valence-corrected chi connectivity index (χ1v) is 4.04. The second-order valence-electron chi connectivity index (χ2n) is 2.55. The van der Waals surface area contributed by atoms with Crippen LogP contribution in [0.4, 0.5) is 0 Å². The van der Waals surface area contributed by atoms with Gasteiger partial charge in [0, 0.05) is 26.4 Å². The van der Waals surface area contributed by atoms with Crippen LogP contribution in [0.2, 0.25) is 0 Å². The SMILES string of the molecule is CC(=O)O.CCON1C=CN(C)C1. The summed E-state index contributed by atoms with van der Waals surface area (Å²) >= 11 is 0. The molecule has 0 aromatic rings. The molecule has 0 aromatic carbocycles. The van der Waals surface area contributed by atoms with E-state index in [0.717, 1.165) is 20.2 Å². The highest BCUT2D eigenvalue weighted by Crippen LogP contribution is 2.02. The second kappa shape index (κ2) is 6.30. The Labute approximate surface area is 78.1 Å². The average Bonchev–Trinajstić information content (AvgIpc) is 2.35. The Morgan fingerprint density at radius 3 is 2.46 bits per heavy atom. The van der Waals surface area contributed by atoms with E-state index in [1.165, 1.54) is 0 Å². The standard InChI is InChI=1S/C6H12N2O.C2H4O2/c1-3-9-8-5-4-7(2)6-8;1-2(3)4/h4-5H,3,6H2,1-2H3;1H3,(H,3,4). The fourth-order valence-electron chi connectivity index (χ4n) is 0.752. The highest BCUT2D eigenvalue weighted by molar-refractivity contribution is 5.62. The molecular formula is C8H16N2O3. The van der Waals surface area contributed by atoms with Crippen molar-refractivity contribution in [2.75, 3.05) is 20.3 Å². The molecule has 0 fully saturated rings. The summed E-state index contributed by atoms with van der Waals surface area (Å²) in [4.78, 5) is 16.2. The molecule has 13 heavy (non-hydrogen) atoms. The van der Waals surface area contributed by atoms with Crippen LogP contribution in [0, 0.1) is 0 Å². The van der Waals surface area contributed by atoms with Crippen LogP contribution < -0.4 is 0 Å². The molecular weight excluding hydrogens is 172 g/mol. The summed E-state index contributed by atoms with van der Waals surface area (Å²) < 4.78 is 0. The van der Waals surface area contributed by atoms with Crippen LogP contribution in [0.15, 0.2) is 12.4 Å². The first-order valence-electron chi connectivity index (χ1n) is 4.04. The maximum atomic E-state index is 9.00. The maximum absolute atomic E-state index is 9.00. The van der Waals surface area contributed by atoms with Gasteiger partial charge in [-0.3, -0.25) is 9.63 Å². The topological polar surface area (TPSA) is 53.0 Å². The van der Waals surface area contributed by atoms with Crippen molar-refractivity contribution in [2.45, 2.75) is 13.8 Å². The third kappa shape index (κ3) is 7.14. The third-order valence-electron chi connectivity index (χ3n) is 1.14. The summed E-state index contributed by atoms with van der Waals surface area (Å²) in [5, 5.41) is 9.22. The molecule has 1 aliphatic heterocycles. The van der Waals surface area contributed by atoms with Crippen molar-refractivity contribution in [1.82, 2.24) is 9.96 Å². The summed E-state index contributed by atoms with van der Waals surface area (Å²) in [5.74, 6) is -0.833. The normalized spacial score (nSPS) is 14.1. The highest BCUT2D eigenvalue weighted by atomic mass is 16.7. The van der Waals surface area contributed by atoms with Gasteiger partial charge in [0.15, 0.2) is 0 Å². The Bertz CT molecular complexity index is 178. The molecule has 0 aliphatic carbocycles. The number of carboxylic acid groups (broad SMARTS) is 1. The molecule has 76 valence electrons. The van der Waals surface area contributed by atoms with Crippen molar-refractivity contribution in [2.24, 2.45) is 0 Å². The molecule has 1 rings (SSSR count). The first-order chi connectivity index (χ1) is 6.06. The molecule has 0 aromatic heterocycles. The Morgan fingerprint density at radius 2 is 2.15 bits per heavy atom. The number of nitrogens with zero attached hydrogens (tertiary/aromatic N) is 2. The Hall–Kier alpha value is -1.23. The van der Waals surface area contributed by atoms with Crippen molar-refractivity contribution in [1.29, 1.82) is 0 Å².